The number of primary amides is 1. The Morgan fingerprint density at radius 3 is 2.40 bits per heavy atom. The molecule has 2 heteroatoms. The minimum Gasteiger partial charge on any atom is -0.366 e. The van der Waals surface area contributed by atoms with Crippen molar-refractivity contribution in [1.82, 2.24) is 0 Å². The lowest BCUT2D eigenvalue weighted by Crippen LogP contribution is -2.16. The van der Waals surface area contributed by atoms with Crippen molar-refractivity contribution >= 4 is 12.0 Å². The Morgan fingerprint density at radius 2 is 1.70 bits per heavy atom. The molecule has 100 valence electrons. The van der Waals surface area contributed by atoms with Crippen LogP contribution in [0.15, 0.2) is 48.0 Å². The monoisotopic (exact) mass is 263 g/mol. The number of hydrogen-bond donors (Lipinski definition) is 1. The molecule has 0 atom stereocenters. The number of nitrogens with two attached hydrogens (primary N) is 1. The van der Waals surface area contributed by atoms with Gasteiger partial charge in [-0.05, 0) is 54.2 Å². The normalized spacial score (nSPS) is 13.6. The van der Waals surface area contributed by atoms with E-state index < -0.39 is 0 Å². The summed E-state index contributed by atoms with van der Waals surface area (Å²) >= 11 is 0. The first-order valence-electron chi connectivity index (χ1n) is 6.84. The van der Waals surface area contributed by atoms with Gasteiger partial charge >= 0.3 is 0 Å². The van der Waals surface area contributed by atoms with Gasteiger partial charge in [0.1, 0.15) is 0 Å². The topological polar surface area (TPSA) is 43.1 Å². The fourth-order valence-electron chi connectivity index (χ4n) is 2.61. The third kappa shape index (κ3) is 2.37. The van der Waals surface area contributed by atoms with Crippen LogP contribution in [0.3, 0.4) is 0 Å². The molecule has 2 N–H and O–H groups in total. The molecule has 20 heavy (non-hydrogen) atoms. The van der Waals surface area contributed by atoms with E-state index in [1.165, 1.54) is 22.3 Å². The summed E-state index contributed by atoms with van der Waals surface area (Å²) in [4.78, 5) is 11.3. The molecule has 0 aliphatic heterocycles. The maximum atomic E-state index is 11.3. The second-order valence-electron chi connectivity index (χ2n) is 5.31. The minimum atomic E-state index is -0.309. The number of benzene rings is 2. The Balaban J connectivity index is 2.03. The van der Waals surface area contributed by atoms with Crippen molar-refractivity contribution in [2.24, 2.45) is 5.73 Å². The zero-order valence-corrected chi connectivity index (χ0v) is 11.5. The van der Waals surface area contributed by atoms with Crippen molar-refractivity contribution in [3.8, 4) is 11.1 Å². The predicted octanol–water partition coefficient (Wildman–Crippen LogP) is 3.48. The molecule has 1 aliphatic carbocycles. The van der Waals surface area contributed by atoms with Gasteiger partial charge in [-0.1, -0.05) is 42.0 Å². The summed E-state index contributed by atoms with van der Waals surface area (Å²) in [6, 6.07) is 14.9. The van der Waals surface area contributed by atoms with Crippen LogP contribution < -0.4 is 5.73 Å². The van der Waals surface area contributed by atoms with Gasteiger partial charge in [0.2, 0.25) is 5.91 Å². The Hall–Kier alpha value is -2.35. The fraction of sp³-hybridized carbons (Fsp3) is 0.167. The summed E-state index contributed by atoms with van der Waals surface area (Å²) in [5, 5.41) is 0. The third-order valence-electron chi connectivity index (χ3n) is 3.84. The lowest BCUT2D eigenvalue weighted by atomic mass is 9.89. The molecule has 0 bridgehead atoms. The van der Waals surface area contributed by atoms with Crippen LogP contribution in [0.2, 0.25) is 0 Å². The van der Waals surface area contributed by atoms with E-state index in [1.807, 2.05) is 6.08 Å². The SMILES string of the molecule is Cc1ccc(-c2ccc3c(c2)C=C(C(N)=O)CC3)cc1. The average Bonchev–Trinajstić information content (AvgIpc) is 2.47. The van der Waals surface area contributed by atoms with E-state index in [2.05, 4.69) is 49.4 Å². The molecule has 1 aliphatic rings. The van der Waals surface area contributed by atoms with Gasteiger partial charge in [-0.2, -0.15) is 0 Å². The van der Waals surface area contributed by atoms with Crippen LogP contribution in [0.4, 0.5) is 0 Å². The molecule has 0 spiro atoms. The van der Waals surface area contributed by atoms with Crippen LogP contribution in [0, 0.1) is 6.92 Å². The molecule has 1 amide bonds. The van der Waals surface area contributed by atoms with Crippen molar-refractivity contribution < 1.29 is 4.79 Å². The first-order chi connectivity index (χ1) is 9.63. The largest absolute Gasteiger partial charge is 0.366 e. The third-order valence-corrected chi connectivity index (χ3v) is 3.84. The van der Waals surface area contributed by atoms with Gasteiger partial charge in [0.15, 0.2) is 0 Å². The number of carbonyl (C=O) groups is 1. The molecule has 2 aromatic carbocycles. The quantitative estimate of drug-likeness (QED) is 0.885. The number of rotatable bonds is 2. The molecular weight excluding hydrogens is 246 g/mol. The first-order valence-corrected chi connectivity index (χ1v) is 6.84. The van der Waals surface area contributed by atoms with Crippen LogP contribution in [0.5, 0.6) is 0 Å². The lowest BCUT2D eigenvalue weighted by molar-refractivity contribution is -0.114. The van der Waals surface area contributed by atoms with Crippen molar-refractivity contribution in [1.29, 1.82) is 0 Å². The van der Waals surface area contributed by atoms with Gasteiger partial charge in [0.25, 0.3) is 0 Å². The molecule has 0 aromatic heterocycles. The van der Waals surface area contributed by atoms with Crippen LogP contribution >= 0.6 is 0 Å². The summed E-state index contributed by atoms with van der Waals surface area (Å²) in [6.45, 7) is 2.08. The van der Waals surface area contributed by atoms with Crippen molar-refractivity contribution in [2.75, 3.05) is 0 Å². The zero-order valence-electron chi connectivity index (χ0n) is 11.5. The second kappa shape index (κ2) is 4.97. The predicted molar refractivity (Wildman–Crippen MR) is 82.1 cm³/mol. The number of carbonyl (C=O) groups excluding carboxylic acids is 1. The van der Waals surface area contributed by atoms with E-state index in [1.54, 1.807) is 0 Å². The summed E-state index contributed by atoms with van der Waals surface area (Å²) in [5.41, 5.74) is 12.1. The second-order valence-corrected chi connectivity index (χ2v) is 5.31. The first kappa shape index (κ1) is 12.7. The van der Waals surface area contributed by atoms with Crippen LogP contribution in [-0.4, -0.2) is 5.91 Å². The summed E-state index contributed by atoms with van der Waals surface area (Å²) in [6.07, 6.45) is 3.56. The van der Waals surface area contributed by atoms with Gasteiger partial charge in [0.05, 0.1) is 0 Å². The van der Waals surface area contributed by atoms with Crippen molar-refractivity contribution in [3.63, 3.8) is 0 Å². The highest BCUT2D eigenvalue weighted by Gasteiger charge is 2.14. The van der Waals surface area contributed by atoms with Gasteiger partial charge in [-0.15, -0.1) is 0 Å². The Labute approximate surface area is 118 Å². The smallest absolute Gasteiger partial charge is 0.244 e. The molecule has 3 rings (SSSR count). The molecule has 0 heterocycles. The highest BCUT2D eigenvalue weighted by molar-refractivity contribution is 5.97. The molecular formula is C18H17NO. The molecule has 2 nitrogen and oxygen atoms in total. The molecule has 0 fully saturated rings. The highest BCUT2D eigenvalue weighted by atomic mass is 16.1. The number of amides is 1. The van der Waals surface area contributed by atoms with Crippen molar-refractivity contribution in [2.45, 2.75) is 19.8 Å². The minimum absolute atomic E-state index is 0.309. The van der Waals surface area contributed by atoms with Crippen LogP contribution in [-0.2, 0) is 11.2 Å². The fourth-order valence-corrected chi connectivity index (χ4v) is 2.61. The summed E-state index contributed by atoms with van der Waals surface area (Å²) in [7, 11) is 0. The molecule has 0 saturated heterocycles. The maximum absolute atomic E-state index is 11.3. The summed E-state index contributed by atoms with van der Waals surface area (Å²) < 4.78 is 0. The van der Waals surface area contributed by atoms with Gasteiger partial charge in [0, 0.05) is 5.57 Å². The van der Waals surface area contributed by atoms with Gasteiger partial charge in [-0.3, -0.25) is 4.79 Å². The maximum Gasteiger partial charge on any atom is 0.244 e. The van der Waals surface area contributed by atoms with Gasteiger partial charge < -0.3 is 5.73 Å². The molecule has 0 unspecified atom stereocenters. The van der Waals surface area contributed by atoms with E-state index >= 15 is 0 Å². The Kier molecular flexibility index (Phi) is 3.15. The Bertz CT molecular complexity index is 696. The van der Waals surface area contributed by atoms with Gasteiger partial charge in [-0.25, -0.2) is 0 Å². The van der Waals surface area contributed by atoms with Crippen LogP contribution in [0.1, 0.15) is 23.1 Å². The molecule has 2 aromatic rings. The van der Waals surface area contributed by atoms with E-state index in [0.29, 0.717) is 0 Å². The van der Waals surface area contributed by atoms with E-state index in [0.717, 1.165) is 24.0 Å². The Morgan fingerprint density at radius 1 is 1.00 bits per heavy atom. The standard InChI is InChI=1S/C18H17NO/c1-12-2-4-13(5-3-12)15-8-6-14-7-9-16(18(19)20)11-17(14)10-15/h2-6,8,10-11H,7,9H2,1H3,(H2,19,20). The number of hydrogen-bond acceptors (Lipinski definition) is 1. The summed E-state index contributed by atoms with van der Waals surface area (Å²) in [5.74, 6) is -0.309. The number of fused-ring (bicyclic) bond motifs is 1. The van der Waals surface area contributed by atoms with E-state index in [-0.39, 0.29) is 5.91 Å². The number of aryl methyl sites for hydroxylation is 2. The molecule has 0 saturated carbocycles. The van der Waals surface area contributed by atoms with E-state index in [4.69, 9.17) is 5.73 Å². The highest BCUT2D eigenvalue weighted by Crippen LogP contribution is 2.29. The van der Waals surface area contributed by atoms with Crippen LogP contribution in [0.25, 0.3) is 17.2 Å². The lowest BCUT2D eigenvalue weighted by Gasteiger charge is -2.16. The molecule has 0 radical (unpaired) electrons. The van der Waals surface area contributed by atoms with E-state index in [9.17, 15) is 4.79 Å². The average molecular weight is 263 g/mol. The van der Waals surface area contributed by atoms with Crippen molar-refractivity contribution in [3.05, 3.63) is 64.7 Å². The zero-order chi connectivity index (χ0) is 14.1.